The number of carbonyl (C=O) groups excluding carboxylic acids is 3. The molecule has 0 spiro atoms. The van der Waals surface area contributed by atoms with Gasteiger partial charge >= 0.3 is 5.97 Å². The summed E-state index contributed by atoms with van der Waals surface area (Å²) in [6.07, 6.45) is -0.00347. The minimum absolute atomic E-state index is 0.215. The highest BCUT2D eigenvalue weighted by molar-refractivity contribution is 6.26. The van der Waals surface area contributed by atoms with Crippen molar-refractivity contribution in [2.45, 2.75) is 17.5 Å². The van der Waals surface area contributed by atoms with E-state index in [2.05, 4.69) is 4.74 Å². The van der Waals surface area contributed by atoms with Gasteiger partial charge < -0.3 is 18.9 Å². The van der Waals surface area contributed by atoms with E-state index in [1.807, 2.05) is 0 Å². The highest BCUT2D eigenvalue weighted by atomic mass is 16.8. The van der Waals surface area contributed by atoms with E-state index in [0.717, 1.165) is 0 Å². The predicted molar refractivity (Wildman–Crippen MR) is 73.6 cm³/mol. The first-order valence-corrected chi connectivity index (χ1v) is 6.91. The second-order valence-corrected chi connectivity index (χ2v) is 5.46. The third-order valence-corrected chi connectivity index (χ3v) is 4.42. The van der Waals surface area contributed by atoms with Gasteiger partial charge in [0.05, 0.1) is 7.11 Å². The lowest BCUT2D eigenvalue weighted by atomic mass is 9.72. The number of hydrogen-bond acceptors (Lipinski definition) is 7. The molecule has 7 heteroatoms. The average Bonchev–Trinajstić information content (AvgIpc) is 3.30. The van der Waals surface area contributed by atoms with Gasteiger partial charge in [-0.1, -0.05) is 24.3 Å². The first-order chi connectivity index (χ1) is 11.0. The standard InChI is InChI=1S/C16H12O7/c1-20-13(19)10-7-15-11(17)8-5-3-4-6-9(8)12(18)16(15,23-15)14(21-2)22-10/h3-7,14H,1-2H3. The third-order valence-electron chi connectivity index (χ3n) is 4.42. The molecule has 1 aromatic rings. The quantitative estimate of drug-likeness (QED) is 0.584. The number of rotatable bonds is 2. The van der Waals surface area contributed by atoms with Gasteiger partial charge in [0, 0.05) is 24.3 Å². The van der Waals surface area contributed by atoms with E-state index in [-0.39, 0.29) is 16.9 Å². The summed E-state index contributed by atoms with van der Waals surface area (Å²) in [4.78, 5) is 37.5. The van der Waals surface area contributed by atoms with Crippen molar-refractivity contribution in [3.05, 3.63) is 47.2 Å². The zero-order chi connectivity index (χ0) is 16.4. The van der Waals surface area contributed by atoms with E-state index in [4.69, 9.17) is 14.2 Å². The zero-order valence-corrected chi connectivity index (χ0v) is 12.3. The zero-order valence-electron chi connectivity index (χ0n) is 12.3. The molecule has 23 heavy (non-hydrogen) atoms. The van der Waals surface area contributed by atoms with Crippen molar-refractivity contribution in [3.63, 3.8) is 0 Å². The molecule has 3 atom stereocenters. The Morgan fingerprint density at radius 1 is 1.13 bits per heavy atom. The van der Waals surface area contributed by atoms with E-state index < -0.39 is 35.0 Å². The minimum Gasteiger partial charge on any atom is -0.463 e. The largest absolute Gasteiger partial charge is 0.463 e. The SMILES string of the molecule is COC(=O)C1=CC23OC2(C(=O)c2ccccc2C3=O)C(OC)O1. The lowest BCUT2D eigenvalue weighted by Gasteiger charge is -2.32. The Labute approximate surface area is 130 Å². The van der Waals surface area contributed by atoms with Crippen LogP contribution in [-0.4, -0.2) is 49.2 Å². The van der Waals surface area contributed by atoms with Crippen LogP contribution in [0.5, 0.6) is 0 Å². The molecule has 0 amide bonds. The molecule has 0 saturated carbocycles. The van der Waals surface area contributed by atoms with E-state index in [1.165, 1.54) is 20.3 Å². The fourth-order valence-electron chi connectivity index (χ4n) is 3.31. The first kappa shape index (κ1) is 14.1. The Morgan fingerprint density at radius 3 is 2.39 bits per heavy atom. The molecule has 0 bridgehead atoms. The van der Waals surface area contributed by atoms with Gasteiger partial charge in [0.25, 0.3) is 0 Å². The van der Waals surface area contributed by atoms with Crippen molar-refractivity contribution in [3.8, 4) is 0 Å². The van der Waals surface area contributed by atoms with Crippen LogP contribution in [0.3, 0.4) is 0 Å². The van der Waals surface area contributed by atoms with Crippen LogP contribution in [0.4, 0.5) is 0 Å². The number of ether oxygens (including phenoxy) is 4. The molecule has 1 aliphatic carbocycles. The molecule has 1 saturated heterocycles. The summed E-state index contributed by atoms with van der Waals surface area (Å²) in [6, 6.07) is 6.44. The average molecular weight is 316 g/mol. The van der Waals surface area contributed by atoms with Crippen molar-refractivity contribution < 1.29 is 33.3 Å². The Hall–Kier alpha value is -2.51. The van der Waals surface area contributed by atoms with Crippen LogP contribution < -0.4 is 0 Å². The third kappa shape index (κ3) is 1.43. The van der Waals surface area contributed by atoms with E-state index in [0.29, 0.717) is 0 Å². The summed E-state index contributed by atoms with van der Waals surface area (Å²) in [7, 11) is 2.50. The molecule has 2 aliphatic heterocycles. The number of fused-ring (bicyclic) bond motifs is 1. The number of benzene rings is 1. The second-order valence-electron chi connectivity index (χ2n) is 5.46. The van der Waals surface area contributed by atoms with Crippen LogP contribution in [0.25, 0.3) is 0 Å². The van der Waals surface area contributed by atoms with Gasteiger partial charge in [0.1, 0.15) is 0 Å². The van der Waals surface area contributed by atoms with Crippen molar-refractivity contribution in [1.29, 1.82) is 0 Å². The molecule has 3 aliphatic rings. The summed E-state index contributed by atoms with van der Waals surface area (Å²) in [6.45, 7) is 0. The maximum atomic E-state index is 12.9. The molecular weight excluding hydrogens is 304 g/mol. The lowest BCUT2D eigenvalue weighted by molar-refractivity contribution is -0.159. The number of Topliss-reactive ketones (excluding diaryl/α,β-unsaturated/α-hetero) is 2. The maximum Gasteiger partial charge on any atom is 0.373 e. The van der Waals surface area contributed by atoms with E-state index >= 15 is 0 Å². The molecule has 1 fully saturated rings. The Bertz CT molecular complexity index is 795. The number of epoxide rings is 1. The van der Waals surface area contributed by atoms with Crippen LogP contribution >= 0.6 is 0 Å². The normalized spacial score (nSPS) is 33.7. The highest BCUT2D eigenvalue weighted by Crippen LogP contribution is 2.61. The molecule has 1 aromatic carbocycles. The Morgan fingerprint density at radius 2 is 1.78 bits per heavy atom. The molecule has 2 heterocycles. The summed E-state index contributed by atoms with van der Waals surface area (Å²) in [5.41, 5.74) is -2.67. The molecular formula is C16H12O7. The maximum absolute atomic E-state index is 12.9. The molecule has 7 nitrogen and oxygen atoms in total. The number of methoxy groups -OCH3 is 2. The van der Waals surface area contributed by atoms with Crippen molar-refractivity contribution in [1.82, 2.24) is 0 Å². The monoisotopic (exact) mass is 316 g/mol. The van der Waals surface area contributed by atoms with Crippen molar-refractivity contribution >= 4 is 17.5 Å². The first-order valence-electron chi connectivity index (χ1n) is 6.91. The van der Waals surface area contributed by atoms with Gasteiger partial charge in [-0.25, -0.2) is 4.79 Å². The molecule has 118 valence electrons. The Balaban J connectivity index is 1.94. The van der Waals surface area contributed by atoms with Crippen molar-refractivity contribution in [2.24, 2.45) is 0 Å². The molecule has 0 aromatic heterocycles. The van der Waals surface area contributed by atoms with Gasteiger partial charge in [-0.15, -0.1) is 0 Å². The number of carbonyl (C=O) groups is 3. The number of ketones is 2. The van der Waals surface area contributed by atoms with Crippen LogP contribution in [0, 0.1) is 0 Å². The van der Waals surface area contributed by atoms with E-state index in [1.54, 1.807) is 24.3 Å². The number of esters is 1. The number of hydrogen-bond donors (Lipinski definition) is 0. The van der Waals surface area contributed by atoms with Crippen molar-refractivity contribution in [2.75, 3.05) is 14.2 Å². The van der Waals surface area contributed by atoms with Crippen LogP contribution in [0.15, 0.2) is 36.1 Å². The van der Waals surface area contributed by atoms with Crippen LogP contribution in [-0.2, 0) is 23.7 Å². The fourth-order valence-corrected chi connectivity index (χ4v) is 3.31. The predicted octanol–water partition coefficient (Wildman–Crippen LogP) is 0.633. The van der Waals surface area contributed by atoms with Crippen LogP contribution in [0.1, 0.15) is 20.7 Å². The minimum atomic E-state index is -1.59. The molecule has 3 unspecified atom stereocenters. The van der Waals surface area contributed by atoms with Crippen LogP contribution in [0.2, 0.25) is 0 Å². The topological polar surface area (TPSA) is 91.4 Å². The summed E-state index contributed by atoms with van der Waals surface area (Å²) < 4.78 is 20.8. The molecule has 4 rings (SSSR count). The van der Waals surface area contributed by atoms with Gasteiger partial charge in [0.15, 0.2) is 5.60 Å². The summed E-state index contributed by atoms with van der Waals surface area (Å²) in [5.74, 6) is -1.79. The highest BCUT2D eigenvalue weighted by Gasteiger charge is 2.86. The molecule has 0 N–H and O–H groups in total. The van der Waals surface area contributed by atoms with E-state index in [9.17, 15) is 14.4 Å². The van der Waals surface area contributed by atoms with Gasteiger partial charge in [-0.2, -0.15) is 0 Å². The smallest absolute Gasteiger partial charge is 0.373 e. The second kappa shape index (κ2) is 4.27. The fraction of sp³-hybridized carbons (Fsp3) is 0.312. The van der Waals surface area contributed by atoms with Gasteiger partial charge in [0.2, 0.25) is 29.2 Å². The Kier molecular flexibility index (Phi) is 2.62. The molecule has 0 radical (unpaired) electrons. The summed E-state index contributed by atoms with van der Waals surface area (Å²) in [5, 5.41) is 0. The van der Waals surface area contributed by atoms with Gasteiger partial charge in [-0.05, 0) is 0 Å². The lowest BCUT2D eigenvalue weighted by Crippen LogP contribution is -2.55. The summed E-state index contributed by atoms with van der Waals surface area (Å²) >= 11 is 0. The van der Waals surface area contributed by atoms with Gasteiger partial charge in [-0.3, -0.25) is 9.59 Å².